The lowest BCUT2D eigenvalue weighted by atomic mass is 9.99. The highest BCUT2D eigenvalue weighted by atomic mass is 19.4. The number of aliphatic hydroxyl groups is 1. The van der Waals surface area contributed by atoms with Crippen LogP contribution in [0.15, 0.2) is 66.9 Å². The molecule has 0 spiro atoms. The number of rotatable bonds is 8. The molecule has 8 nitrogen and oxygen atoms in total. The summed E-state index contributed by atoms with van der Waals surface area (Å²) in [5.74, 6) is -2.28. The Morgan fingerprint density at radius 3 is 2.11 bits per heavy atom. The fourth-order valence-electron chi connectivity index (χ4n) is 4.23. The quantitative estimate of drug-likeness (QED) is 0.579. The Hall–Kier alpha value is -3.70. The molecular weight excluding hydrogens is 491 g/mol. The number of hydrogen-bond donors (Lipinski definition) is 1. The second-order valence-electron chi connectivity index (χ2n) is 8.53. The number of benzene rings is 2. The monoisotopic (exact) mass is 519 g/mol. The summed E-state index contributed by atoms with van der Waals surface area (Å²) < 4.78 is 46.8. The molecule has 0 fully saturated rings. The Balaban J connectivity index is 2.24. The van der Waals surface area contributed by atoms with Crippen molar-refractivity contribution in [3.8, 4) is 0 Å². The largest absolute Gasteiger partial charge is 0.416 e. The van der Waals surface area contributed by atoms with E-state index in [2.05, 4.69) is 0 Å². The average Bonchev–Trinajstić information content (AvgIpc) is 2.85. The Morgan fingerprint density at radius 2 is 1.62 bits per heavy atom. The molecule has 0 aliphatic carbocycles. The van der Waals surface area contributed by atoms with Crippen LogP contribution in [0.4, 0.5) is 13.2 Å². The number of amides is 3. The second-order valence-corrected chi connectivity index (χ2v) is 8.53. The van der Waals surface area contributed by atoms with Gasteiger partial charge in [-0.15, -0.1) is 0 Å². The van der Waals surface area contributed by atoms with E-state index < -0.39 is 48.5 Å². The molecule has 1 aliphatic rings. The summed E-state index contributed by atoms with van der Waals surface area (Å²) in [7, 11) is 1.31. The standard InChI is InChI=1S/C26H28F3N3O5/c1-17(33)30-15-22(20-12-8-5-9-13-20)32(25(36)23(30)16-37-3)31(18(2)34)21(24(35)26(27,28)29)14-19-10-6-4-7-11-19/h4-13,15,21,23-24,35H,14,16H2,1-3H3. The summed E-state index contributed by atoms with van der Waals surface area (Å²) in [6.07, 6.45) is -7.18. The van der Waals surface area contributed by atoms with E-state index in [1.165, 1.54) is 20.2 Å². The molecule has 2 aromatic carbocycles. The third kappa shape index (κ3) is 6.17. The van der Waals surface area contributed by atoms with Crippen molar-refractivity contribution in [1.29, 1.82) is 0 Å². The van der Waals surface area contributed by atoms with Crippen molar-refractivity contribution < 1.29 is 37.4 Å². The third-order valence-corrected chi connectivity index (χ3v) is 5.92. The number of nitrogens with zero attached hydrogens (tertiary/aromatic N) is 3. The van der Waals surface area contributed by atoms with Gasteiger partial charge in [-0.3, -0.25) is 14.4 Å². The van der Waals surface area contributed by atoms with Gasteiger partial charge in [-0.25, -0.2) is 10.0 Å². The molecule has 0 radical (unpaired) electrons. The molecule has 1 N–H and O–H groups in total. The summed E-state index contributed by atoms with van der Waals surface area (Å²) in [5.41, 5.74) is 0.774. The Kier molecular flexibility index (Phi) is 8.72. The summed E-state index contributed by atoms with van der Waals surface area (Å²) in [5, 5.41) is 11.9. The van der Waals surface area contributed by atoms with Crippen LogP contribution in [0.3, 0.4) is 0 Å². The number of alkyl halides is 3. The van der Waals surface area contributed by atoms with E-state index in [0.29, 0.717) is 16.1 Å². The number of ether oxygens (including phenoxy) is 1. The number of aliphatic hydroxyl groups excluding tert-OH is 1. The number of carbonyl (C=O) groups is 3. The highest BCUT2D eigenvalue weighted by Gasteiger charge is 2.51. The fraction of sp³-hybridized carbons (Fsp3) is 0.346. The van der Waals surface area contributed by atoms with Gasteiger partial charge in [0.1, 0.15) is 6.04 Å². The number of hydrogen-bond acceptors (Lipinski definition) is 5. The van der Waals surface area contributed by atoms with Crippen molar-refractivity contribution in [3.63, 3.8) is 0 Å². The maximum atomic E-state index is 13.9. The van der Waals surface area contributed by atoms with E-state index in [0.717, 1.165) is 16.8 Å². The van der Waals surface area contributed by atoms with Gasteiger partial charge in [0.05, 0.1) is 18.3 Å². The number of carbonyl (C=O) groups excluding carboxylic acids is 3. The van der Waals surface area contributed by atoms with Crippen LogP contribution >= 0.6 is 0 Å². The highest BCUT2D eigenvalue weighted by Crippen LogP contribution is 2.34. The predicted molar refractivity (Wildman–Crippen MR) is 128 cm³/mol. The topological polar surface area (TPSA) is 90.4 Å². The van der Waals surface area contributed by atoms with E-state index in [4.69, 9.17) is 4.74 Å². The third-order valence-electron chi connectivity index (χ3n) is 5.92. The van der Waals surface area contributed by atoms with Crippen LogP contribution in [0, 0.1) is 0 Å². The lowest BCUT2D eigenvalue weighted by Gasteiger charge is -2.47. The van der Waals surface area contributed by atoms with Crippen LogP contribution in [0.2, 0.25) is 0 Å². The fourth-order valence-corrected chi connectivity index (χ4v) is 4.23. The molecule has 0 bridgehead atoms. The first-order valence-electron chi connectivity index (χ1n) is 11.4. The van der Waals surface area contributed by atoms with Crippen LogP contribution in [0.25, 0.3) is 5.70 Å². The molecule has 1 aliphatic heterocycles. The van der Waals surface area contributed by atoms with Gasteiger partial charge in [0, 0.05) is 32.7 Å². The molecule has 1 heterocycles. The normalized spacial score (nSPS) is 17.8. The number of hydrazine groups is 1. The lowest BCUT2D eigenvalue weighted by molar-refractivity contribution is -0.232. The van der Waals surface area contributed by atoms with Crippen molar-refractivity contribution >= 4 is 23.4 Å². The van der Waals surface area contributed by atoms with Crippen LogP contribution in [0.5, 0.6) is 0 Å². The second kappa shape index (κ2) is 11.6. The molecule has 3 amide bonds. The smallest absolute Gasteiger partial charge is 0.382 e. The molecule has 0 saturated heterocycles. The van der Waals surface area contributed by atoms with E-state index in [9.17, 15) is 32.7 Å². The Morgan fingerprint density at radius 1 is 1.05 bits per heavy atom. The molecule has 3 unspecified atom stereocenters. The highest BCUT2D eigenvalue weighted by molar-refractivity contribution is 5.98. The summed E-state index contributed by atoms with van der Waals surface area (Å²) in [6.45, 7) is 1.98. The van der Waals surface area contributed by atoms with Gasteiger partial charge in [-0.1, -0.05) is 60.7 Å². The average molecular weight is 520 g/mol. The number of halogens is 3. The summed E-state index contributed by atoms with van der Waals surface area (Å²) in [6, 6.07) is 13.0. The molecule has 3 atom stereocenters. The van der Waals surface area contributed by atoms with Crippen molar-refractivity contribution in [2.75, 3.05) is 13.7 Å². The van der Waals surface area contributed by atoms with Gasteiger partial charge < -0.3 is 14.7 Å². The molecule has 37 heavy (non-hydrogen) atoms. The first-order chi connectivity index (χ1) is 17.5. The molecule has 198 valence electrons. The van der Waals surface area contributed by atoms with Crippen LogP contribution in [-0.4, -0.2) is 75.8 Å². The van der Waals surface area contributed by atoms with Gasteiger partial charge >= 0.3 is 6.18 Å². The minimum absolute atomic E-state index is 0.00390. The summed E-state index contributed by atoms with van der Waals surface area (Å²) in [4.78, 5) is 40.4. The SMILES string of the molecule is COCC1C(=O)N(N(C(C)=O)C(Cc2ccccc2)C(O)C(F)(F)F)C(c2ccccc2)=CN1C(C)=O. The zero-order valence-electron chi connectivity index (χ0n) is 20.6. The van der Waals surface area contributed by atoms with E-state index in [1.54, 1.807) is 60.7 Å². The van der Waals surface area contributed by atoms with Crippen molar-refractivity contribution in [1.82, 2.24) is 14.9 Å². The molecule has 0 saturated carbocycles. The van der Waals surface area contributed by atoms with E-state index >= 15 is 0 Å². The Bertz CT molecular complexity index is 1140. The van der Waals surface area contributed by atoms with Crippen molar-refractivity contribution in [2.24, 2.45) is 0 Å². The van der Waals surface area contributed by atoms with Gasteiger partial charge in [-0.05, 0) is 12.0 Å². The maximum Gasteiger partial charge on any atom is 0.416 e. The van der Waals surface area contributed by atoms with Gasteiger partial charge in [0.2, 0.25) is 11.8 Å². The molecule has 11 heteroatoms. The zero-order valence-corrected chi connectivity index (χ0v) is 20.6. The van der Waals surface area contributed by atoms with Crippen molar-refractivity contribution in [3.05, 3.63) is 78.0 Å². The summed E-state index contributed by atoms with van der Waals surface area (Å²) >= 11 is 0. The van der Waals surface area contributed by atoms with Gasteiger partial charge in [-0.2, -0.15) is 13.2 Å². The predicted octanol–water partition coefficient (Wildman–Crippen LogP) is 2.99. The molecular formula is C26H28F3N3O5. The molecule has 0 aromatic heterocycles. The maximum absolute atomic E-state index is 13.9. The van der Waals surface area contributed by atoms with Crippen molar-refractivity contribution in [2.45, 2.75) is 44.6 Å². The minimum atomic E-state index is -5.10. The van der Waals surface area contributed by atoms with E-state index in [-0.39, 0.29) is 12.3 Å². The van der Waals surface area contributed by atoms with Crippen LogP contribution < -0.4 is 0 Å². The molecule has 2 aromatic rings. The minimum Gasteiger partial charge on any atom is -0.382 e. The molecule has 3 rings (SSSR count). The van der Waals surface area contributed by atoms with Crippen LogP contribution in [0.1, 0.15) is 25.0 Å². The Labute approximate surface area is 212 Å². The first-order valence-corrected chi connectivity index (χ1v) is 11.4. The number of methoxy groups -OCH3 is 1. The van der Waals surface area contributed by atoms with Gasteiger partial charge in [0.25, 0.3) is 5.91 Å². The first kappa shape index (κ1) is 27.9. The van der Waals surface area contributed by atoms with E-state index in [1.807, 2.05) is 0 Å². The van der Waals surface area contributed by atoms with Gasteiger partial charge in [0.15, 0.2) is 6.10 Å². The lowest BCUT2D eigenvalue weighted by Crippen LogP contribution is -2.65. The van der Waals surface area contributed by atoms with Crippen LogP contribution in [-0.2, 0) is 25.5 Å². The zero-order chi connectivity index (χ0) is 27.3.